The summed E-state index contributed by atoms with van der Waals surface area (Å²) >= 11 is 0. The van der Waals surface area contributed by atoms with Crippen LogP contribution in [0.2, 0.25) is 0 Å². The van der Waals surface area contributed by atoms with Crippen LogP contribution >= 0.6 is 0 Å². The highest BCUT2D eigenvalue weighted by atomic mass is 16.2. The number of aryl methyl sites for hydroxylation is 1. The van der Waals surface area contributed by atoms with Crippen molar-refractivity contribution in [2.24, 2.45) is 5.92 Å². The molecule has 6 heteroatoms. The van der Waals surface area contributed by atoms with E-state index >= 15 is 0 Å². The predicted molar refractivity (Wildman–Crippen MR) is 101 cm³/mol. The summed E-state index contributed by atoms with van der Waals surface area (Å²) in [6, 6.07) is 7.85. The monoisotopic (exact) mass is 355 g/mol. The molecule has 1 aromatic carbocycles. The molecule has 0 unspecified atom stereocenters. The van der Waals surface area contributed by atoms with E-state index in [-0.39, 0.29) is 23.3 Å². The molecule has 1 fully saturated rings. The molecule has 2 N–H and O–H groups in total. The summed E-state index contributed by atoms with van der Waals surface area (Å²) in [5, 5.41) is 3.93. The molecule has 3 rings (SSSR count). The molecule has 0 aliphatic carbocycles. The van der Waals surface area contributed by atoms with Gasteiger partial charge in [0, 0.05) is 43.6 Å². The number of likely N-dealkylation sites (tertiary alicyclic amines) is 1. The molecule has 6 nitrogen and oxygen atoms in total. The zero-order valence-corrected chi connectivity index (χ0v) is 15.3. The highest BCUT2D eigenvalue weighted by Gasteiger charge is 2.25. The highest BCUT2D eigenvalue weighted by molar-refractivity contribution is 5.80. The molecule has 2 heterocycles. The number of carbonyl (C=O) groups excluding carboxylic acids is 2. The molecule has 1 aliphatic heterocycles. The van der Waals surface area contributed by atoms with Crippen molar-refractivity contribution in [3.8, 4) is 0 Å². The fourth-order valence-electron chi connectivity index (χ4n) is 3.47. The SMILES string of the molecule is CC(=O)N1CCC(C(=O)NCCc2cc3ccc(C)cc3[nH]c2=O)CC1. The Morgan fingerprint density at radius 2 is 1.96 bits per heavy atom. The molecular weight excluding hydrogens is 330 g/mol. The minimum absolute atomic E-state index is 0.0149. The van der Waals surface area contributed by atoms with Crippen molar-refractivity contribution in [1.82, 2.24) is 15.2 Å². The number of fused-ring (bicyclic) bond motifs is 1. The number of aromatic amines is 1. The average molecular weight is 355 g/mol. The van der Waals surface area contributed by atoms with Crippen LogP contribution in [0.25, 0.3) is 10.9 Å². The number of amides is 2. The molecular formula is C20H25N3O3. The molecule has 0 radical (unpaired) electrons. The van der Waals surface area contributed by atoms with Gasteiger partial charge in [-0.05, 0) is 49.3 Å². The van der Waals surface area contributed by atoms with Crippen molar-refractivity contribution in [3.05, 3.63) is 45.7 Å². The number of piperidine rings is 1. The maximum Gasteiger partial charge on any atom is 0.251 e. The first-order valence-electron chi connectivity index (χ1n) is 9.10. The number of carbonyl (C=O) groups is 2. The summed E-state index contributed by atoms with van der Waals surface area (Å²) in [5.74, 6) is 0.0269. The lowest BCUT2D eigenvalue weighted by Gasteiger charge is -2.30. The van der Waals surface area contributed by atoms with Crippen molar-refractivity contribution in [3.63, 3.8) is 0 Å². The zero-order valence-electron chi connectivity index (χ0n) is 15.3. The number of benzene rings is 1. The Balaban J connectivity index is 1.55. The highest BCUT2D eigenvalue weighted by Crippen LogP contribution is 2.17. The first-order chi connectivity index (χ1) is 12.4. The van der Waals surface area contributed by atoms with Gasteiger partial charge in [0.2, 0.25) is 11.8 Å². The molecule has 2 amide bonds. The number of nitrogens with zero attached hydrogens (tertiary/aromatic N) is 1. The molecule has 0 spiro atoms. The molecule has 138 valence electrons. The van der Waals surface area contributed by atoms with Crippen LogP contribution in [-0.4, -0.2) is 41.3 Å². The van der Waals surface area contributed by atoms with Crippen molar-refractivity contribution in [1.29, 1.82) is 0 Å². The van der Waals surface area contributed by atoms with Crippen LogP contribution in [-0.2, 0) is 16.0 Å². The molecule has 0 atom stereocenters. The van der Waals surface area contributed by atoms with Gasteiger partial charge in [-0.25, -0.2) is 0 Å². The lowest BCUT2D eigenvalue weighted by molar-refractivity contribution is -0.133. The Kier molecular flexibility index (Phi) is 5.40. The van der Waals surface area contributed by atoms with Crippen LogP contribution in [0.3, 0.4) is 0 Å². The van der Waals surface area contributed by atoms with E-state index in [1.54, 1.807) is 11.8 Å². The first-order valence-corrected chi connectivity index (χ1v) is 9.10. The van der Waals surface area contributed by atoms with Crippen LogP contribution < -0.4 is 10.9 Å². The fourth-order valence-corrected chi connectivity index (χ4v) is 3.47. The molecule has 1 aromatic heterocycles. The minimum Gasteiger partial charge on any atom is -0.356 e. The van der Waals surface area contributed by atoms with Gasteiger partial charge in [0.05, 0.1) is 0 Å². The Labute approximate surface area is 152 Å². The van der Waals surface area contributed by atoms with Crippen LogP contribution in [0.4, 0.5) is 0 Å². The zero-order chi connectivity index (χ0) is 18.7. The molecule has 2 aromatic rings. The normalized spacial score (nSPS) is 15.2. The van der Waals surface area contributed by atoms with Crippen LogP contribution in [0.15, 0.2) is 29.1 Å². The maximum absolute atomic E-state index is 12.3. The summed E-state index contributed by atoms with van der Waals surface area (Å²) in [4.78, 5) is 40.5. The summed E-state index contributed by atoms with van der Waals surface area (Å²) in [6.45, 7) is 5.26. The number of hydrogen-bond donors (Lipinski definition) is 2. The smallest absolute Gasteiger partial charge is 0.251 e. The number of nitrogens with one attached hydrogen (secondary N) is 2. The summed E-state index contributed by atoms with van der Waals surface area (Å²) in [6.07, 6.45) is 1.89. The fraction of sp³-hybridized carbons (Fsp3) is 0.450. The van der Waals surface area contributed by atoms with Crippen LogP contribution in [0, 0.1) is 12.8 Å². The van der Waals surface area contributed by atoms with Gasteiger partial charge in [-0.2, -0.15) is 0 Å². The van der Waals surface area contributed by atoms with E-state index in [9.17, 15) is 14.4 Å². The van der Waals surface area contributed by atoms with Crippen LogP contribution in [0.5, 0.6) is 0 Å². The van der Waals surface area contributed by atoms with E-state index in [4.69, 9.17) is 0 Å². The van der Waals surface area contributed by atoms with E-state index in [2.05, 4.69) is 10.3 Å². The number of rotatable bonds is 4. The number of H-pyrrole nitrogens is 1. The number of hydrogen-bond acceptors (Lipinski definition) is 3. The first kappa shape index (κ1) is 18.2. The van der Waals surface area contributed by atoms with Gasteiger partial charge in [0.15, 0.2) is 0 Å². The van der Waals surface area contributed by atoms with Crippen molar-refractivity contribution < 1.29 is 9.59 Å². The largest absolute Gasteiger partial charge is 0.356 e. The van der Waals surface area contributed by atoms with Gasteiger partial charge < -0.3 is 15.2 Å². The lowest BCUT2D eigenvalue weighted by Crippen LogP contribution is -2.42. The Bertz CT molecular complexity index is 879. The van der Waals surface area contributed by atoms with Crippen LogP contribution in [0.1, 0.15) is 30.9 Å². The van der Waals surface area contributed by atoms with Gasteiger partial charge in [-0.15, -0.1) is 0 Å². The lowest BCUT2D eigenvalue weighted by atomic mass is 9.96. The van der Waals surface area contributed by atoms with Gasteiger partial charge in [0.25, 0.3) is 5.56 Å². The molecule has 26 heavy (non-hydrogen) atoms. The van der Waals surface area contributed by atoms with Crippen molar-refractivity contribution in [2.45, 2.75) is 33.1 Å². The topological polar surface area (TPSA) is 82.3 Å². The number of aromatic nitrogens is 1. The van der Waals surface area contributed by atoms with Crippen molar-refractivity contribution >= 4 is 22.7 Å². The summed E-state index contributed by atoms with van der Waals surface area (Å²) < 4.78 is 0. The molecule has 1 aliphatic rings. The Morgan fingerprint density at radius 3 is 2.65 bits per heavy atom. The second-order valence-corrected chi connectivity index (χ2v) is 7.04. The van der Waals surface area contributed by atoms with Gasteiger partial charge in [-0.3, -0.25) is 14.4 Å². The van der Waals surface area contributed by atoms with Gasteiger partial charge in [-0.1, -0.05) is 12.1 Å². The minimum atomic E-state index is -0.105. The average Bonchev–Trinajstić information content (AvgIpc) is 2.62. The van der Waals surface area contributed by atoms with E-state index in [1.165, 1.54) is 0 Å². The standard InChI is InChI=1S/C20H25N3O3/c1-13-3-4-16-12-17(20(26)22-18(16)11-13)5-8-21-19(25)15-6-9-23(10-7-15)14(2)24/h3-4,11-12,15H,5-10H2,1-2H3,(H,21,25)(H,22,26). The Morgan fingerprint density at radius 1 is 1.23 bits per heavy atom. The second kappa shape index (κ2) is 7.72. The van der Waals surface area contributed by atoms with Crippen molar-refractivity contribution in [2.75, 3.05) is 19.6 Å². The molecule has 0 saturated carbocycles. The van der Waals surface area contributed by atoms with E-state index in [1.807, 2.05) is 31.2 Å². The number of pyridine rings is 1. The third-order valence-electron chi connectivity index (χ3n) is 5.08. The maximum atomic E-state index is 12.3. The quantitative estimate of drug-likeness (QED) is 0.877. The Hall–Kier alpha value is -2.63. The summed E-state index contributed by atoms with van der Waals surface area (Å²) in [5.41, 5.74) is 2.50. The van der Waals surface area contributed by atoms with E-state index in [0.717, 1.165) is 16.5 Å². The summed E-state index contributed by atoms with van der Waals surface area (Å²) in [7, 11) is 0. The van der Waals surface area contributed by atoms with E-state index in [0.29, 0.717) is 44.5 Å². The van der Waals surface area contributed by atoms with Gasteiger partial charge in [0.1, 0.15) is 0 Å². The third kappa shape index (κ3) is 4.12. The molecule has 0 bridgehead atoms. The van der Waals surface area contributed by atoms with Gasteiger partial charge >= 0.3 is 0 Å². The predicted octanol–water partition coefficient (Wildman–Crippen LogP) is 1.75. The second-order valence-electron chi connectivity index (χ2n) is 7.04. The van der Waals surface area contributed by atoms with E-state index < -0.39 is 0 Å². The molecule has 1 saturated heterocycles. The third-order valence-corrected chi connectivity index (χ3v) is 5.08.